The maximum atomic E-state index is 13.5. The molecule has 0 N–H and O–H groups in total. The van der Waals surface area contributed by atoms with Crippen LogP contribution < -0.4 is 0 Å². The first-order valence-corrected chi connectivity index (χ1v) is 12.8. The summed E-state index contributed by atoms with van der Waals surface area (Å²) in [5.41, 5.74) is 0.267. The number of hydrogen-bond donors (Lipinski definition) is 0. The number of carbonyl (C=O) groups is 1. The van der Waals surface area contributed by atoms with Crippen molar-refractivity contribution in [2.45, 2.75) is 91.5 Å². The second-order valence-corrected chi connectivity index (χ2v) is 11.2. The van der Waals surface area contributed by atoms with Gasteiger partial charge in [0.2, 0.25) is 0 Å². The number of rotatable bonds is 6. The Morgan fingerprint density at radius 2 is 1.93 bits per heavy atom. The van der Waals surface area contributed by atoms with Crippen molar-refractivity contribution in [3.8, 4) is 0 Å². The van der Waals surface area contributed by atoms with Gasteiger partial charge in [-0.1, -0.05) is 40.0 Å². The van der Waals surface area contributed by atoms with E-state index in [2.05, 4.69) is 32.6 Å². The zero-order valence-electron chi connectivity index (χ0n) is 19.5. The van der Waals surface area contributed by atoms with Crippen LogP contribution in [0.5, 0.6) is 0 Å². The van der Waals surface area contributed by atoms with Crippen LogP contribution in [0.25, 0.3) is 0 Å². The van der Waals surface area contributed by atoms with Crippen LogP contribution in [0, 0.1) is 40.9 Å². The minimum Gasteiger partial charge on any atom is -0.379 e. The Morgan fingerprint density at radius 1 is 1.10 bits per heavy atom. The van der Waals surface area contributed by atoms with Gasteiger partial charge in [-0.05, 0) is 80.5 Å². The quantitative estimate of drug-likeness (QED) is 0.580. The van der Waals surface area contributed by atoms with Gasteiger partial charge in [-0.3, -0.25) is 9.69 Å². The fraction of sp³-hybridized carbons (Fsp3) is 0.962. The monoisotopic (exact) mass is 403 g/mol. The van der Waals surface area contributed by atoms with Crippen LogP contribution in [-0.2, 0) is 9.53 Å². The standard InChI is InChI=1S/C26H45NO2/c1-5-7-20-19(6-2)8-9-22-21(20)12-13-26(4)23(22)10-11-24(26)25(28)16-27-14-15-29-17-18(27)3/h18-24H,5-17H2,1-4H3. The van der Waals surface area contributed by atoms with Crippen LogP contribution in [0.1, 0.15) is 85.5 Å². The topological polar surface area (TPSA) is 29.5 Å². The third kappa shape index (κ3) is 3.95. The molecule has 0 aromatic rings. The average Bonchev–Trinajstić information content (AvgIpc) is 3.07. The Kier molecular flexibility index (Phi) is 6.76. The molecule has 0 radical (unpaired) electrons. The molecule has 3 heteroatoms. The van der Waals surface area contributed by atoms with Crippen molar-refractivity contribution >= 4 is 5.78 Å². The van der Waals surface area contributed by atoms with Crippen molar-refractivity contribution in [3.05, 3.63) is 0 Å². The van der Waals surface area contributed by atoms with E-state index >= 15 is 0 Å². The number of Topliss-reactive ketones (excluding diaryl/α,β-unsaturated/α-hetero) is 1. The highest BCUT2D eigenvalue weighted by molar-refractivity contribution is 5.84. The van der Waals surface area contributed by atoms with Crippen LogP contribution in [0.4, 0.5) is 0 Å². The molecule has 166 valence electrons. The minimum atomic E-state index is 0.267. The van der Waals surface area contributed by atoms with Gasteiger partial charge in [0.05, 0.1) is 19.8 Å². The lowest BCUT2D eigenvalue weighted by Crippen LogP contribution is -2.51. The summed E-state index contributed by atoms with van der Waals surface area (Å²) in [5, 5.41) is 0. The molecule has 4 fully saturated rings. The molecule has 3 nitrogen and oxygen atoms in total. The van der Waals surface area contributed by atoms with E-state index in [-0.39, 0.29) is 5.41 Å². The number of morpholine rings is 1. The molecule has 8 atom stereocenters. The molecular weight excluding hydrogens is 358 g/mol. The molecule has 0 bridgehead atoms. The molecule has 1 saturated heterocycles. The SMILES string of the molecule is CCCC1C(CC)CCC2C1CCC1(C)C(C(=O)CN3CCOCC3C)CCC21. The van der Waals surface area contributed by atoms with Crippen LogP contribution in [0.2, 0.25) is 0 Å². The zero-order valence-corrected chi connectivity index (χ0v) is 19.5. The maximum Gasteiger partial charge on any atom is 0.150 e. The number of ketones is 1. The van der Waals surface area contributed by atoms with E-state index in [1.165, 1.54) is 51.4 Å². The summed E-state index contributed by atoms with van der Waals surface area (Å²) in [6, 6.07) is 0.382. The van der Waals surface area contributed by atoms with Gasteiger partial charge >= 0.3 is 0 Å². The molecule has 1 heterocycles. The van der Waals surface area contributed by atoms with E-state index in [4.69, 9.17) is 4.74 Å². The highest BCUT2D eigenvalue weighted by atomic mass is 16.5. The Hall–Kier alpha value is -0.410. The van der Waals surface area contributed by atoms with E-state index in [9.17, 15) is 4.79 Å². The Labute approximate surface area is 179 Å². The van der Waals surface area contributed by atoms with E-state index < -0.39 is 0 Å². The molecule has 29 heavy (non-hydrogen) atoms. The predicted octanol–water partition coefficient (Wildman–Crippen LogP) is 5.57. The normalized spacial score (nSPS) is 45.6. The van der Waals surface area contributed by atoms with Crippen molar-refractivity contribution in [2.24, 2.45) is 40.9 Å². The van der Waals surface area contributed by atoms with Crippen molar-refractivity contribution in [1.29, 1.82) is 0 Å². The number of hydrogen-bond acceptors (Lipinski definition) is 3. The van der Waals surface area contributed by atoms with Gasteiger partial charge in [-0.25, -0.2) is 0 Å². The summed E-state index contributed by atoms with van der Waals surface area (Å²) in [6.07, 6.45) is 12.2. The summed E-state index contributed by atoms with van der Waals surface area (Å²) in [5.74, 6) is 5.40. The zero-order chi connectivity index (χ0) is 20.6. The fourth-order valence-corrected chi connectivity index (χ4v) is 8.36. The Morgan fingerprint density at radius 3 is 2.66 bits per heavy atom. The smallest absolute Gasteiger partial charge is 0.150 e. The summed E-state index contributed by atoms with van der Waals surface area (Å²) in [4.78, 5) is 15.8. The third-order valence-electron chi connectivity index (χ3n) is 9.92. The molecule has 8 unspecified atom stereocenters. The molecular formula is C26H45NO2. The Balaban J connectivity index is 1.46. The van der Waals surface area contributed by atoms with E-state index in [1.54, 1.807) is 0 Å². The Bertz CT molecular complexity index is 577. The van der Waals surface area contributed by atoms with Gasteiger partial charge in [0.15, 0.2) is 0 Å². The number of ether oxygens (including phenoxy) is 1. The molecule has 0 aromatic heterocycles. The fourth-order valence-electron chi connectivity index (χ4n) is 8.36. The summed E-state index contributed by atoms with van der Waals surface area (Å²) >= 11 is 0. The summed E-state index contributed by atoms with van der Waals surface area (Å²) < 4.78 is 5.58. The first-order chi connectivity index (χ1) is 14.0. The van der Waals surface area contributed by atoms with Gasteiger partial charge in [-0.2, -0.15) is 0 Å². The minimum absolute atomic E-state index is 0.267. The van der Waals surface area contributed by atoms with Crippen molar-refractivity contribution < 1.29 is 9.53 Å². The molecule has 0 aromatic carbocycles. The molecule has 0 spiro atoms. The molecule has 0 amide bonds. The second kappa shape index (κ2) is 8.99. The van der Waals surface area contributed by atoms with Gasteiger partial charge in [0.1, 0.15) is 5.78 Å². The molecule has 4 aliphatic rings. The molecule has 3 aliphatic carbocycles. The van der Waals surface area contributed by atoms with Crippen LogP contribution >= 0.6 is 0 Å². The van der Waals surface area contributed by atoms with Crippen molar-refractivity contribution in [2.75, 3.05) is 26.3 Å². The lowest BCUT2D eigenvalue weighted by molar-refractivity contribution is -0.133. The van der Waals surface area contributed by atoms with Crippen LogP contribution in [0.15, 0.2) is 0 Å². The number of carbonyl (C=O) groups excluding carboxylic acids is 1. The lowest BCUT2D eigenvalue weighted by Gasteiger charge is -2.54. The first kappa shape index (κ1) is 21.8. The number of nitrogens with zero attached hydrogens (tertiary/aromatic N) is 1. The predicted molar refractivity (Wildman–Crippen MR) is 119 cm³/mol. The van der Waals surface area contributed by atoms with E-state index in [1.807, 2.05) is 0 Å². The third-order valence-corrected chi connectivity index (χ3v) is 9.92. The summed E-state index contributed by atoms with van der Waals surface area (Å²) in [6.45, 7) is 12.6. The average molecular weight is 404 g/mol. The van der Waals surface area contributed by atoms with Gasteiger partial charge in [-0.15, -0.1) is 0 Å². The lowest BCUT2D eigenvalue weighted by atomic mass is 9.50. The van der Waals surface area contributed by atoms with Gasteiger partial charge in [0, 0.05) is 18.5 Å². The van der Waals surface area contributed by atoms with E-state index in [0.29, 0.717) is 24.3 Å². The van der Waals surface area contributed by atoms with Crippen LogP contribution in [0.3, 0.4) is 0 Å². The first-order valence-electron chi connectivity index (χ1n) is 12.8. The second-order valence-electron chi connectivity index (χ2n) is 11.2. The highest BCUT2D eigenvalue weighted by Gasteiger charge is 2.57. The summed E-state index contributed by atoms with van der Waals surface area (Å²) in [7, 11) is 0. The van der Waals surface area contributed by atoms with Crippen molar-refractivity contribution in [1.82, 2.24) is 4.90 Å². The number of fused-ring (bicyclic) bond motifs is 3. The highest BCUT2D eigenvalue weighted by Crippen LogP contribution is 2.63. The van der Waals surface area contributed by atoms with Crippen molar-refractivity contribution in [3.63, 3.8) is 0 Å². The van der Waals surface area contributed by atoms with E-state index in [0.717, 1.165) is 55.8 Å². The molecule has 4 rings (SSSR count). The maximum absolute atomic E-state index is 13.5. The van der Waals surface area contributed by atoms with Crippen LogP contribution in [-0.4, -0.2) is 43.0 Å². The van der Waals surface area contributed by atoms with Gasteiger partial charge in [0.25, 0.3) is 0 Å². The van der Waals surface area contributed by atoms with Gasteiger partial charge < -0.3 is 4.74 Å². The molecule has 1 aliphatic heterocycles. The molecule has 3 saturated carbocycles. The largest absolute Gasteiger partial charge is 0.379 e.